The SMILES string of the molecule is CCOC(=O)C(CN(CC1CC1)C1CC1)(NC)C1CC1. The second-order valence-electron chi connectivity index (χ2n) is 6.82. The molecule has 0 bridgehead atoms. The molecule has 0 aliphatic heterocycles. The lowest BCUT2D eigenvalue weighted by Gasteiger charge is -2.37. The Morgan fingerprint density at radius 2 is 1.95 bits per heavy atom. The molecule has 0 aromatic carbocycles. The number of nitrogens with zero attached hydrogens (tertiary/aromatic N) is 1. The van der Waals surface area contributed by atoms with Crippen LogP contribution in [0.2, 0.25) is 0 Å². The lowest BCUT2D eigenvalue weighted by molar-refractivity contribution is -0.153. The van der Waals surface area contributed by atoms with E-state index in [-0.39, 0.29) is 5.97 Å². The van der Waals surface area contributed by atoms with Crippen LogP contribution in [0.25, 0.3) is 0 Å². The highest BCUT2D eigenvalue weighted by Crippen LogP contribution is 2.43. The number of carbonyl (C=O) groups excluding carboxylic acids is 1. The van der Waals surface area contributed by atoms with E-state index in [1.165, 1.54) is 32.2 Å². The molecule has 3 aliphatic carbocycles. The molecule has 0 aromatic heterocycles. The van der Waals surface area contributed by atoms with Crippen LogP contribution in [-0.2, 0) is 9.53 Å². The quantitative estimate of drug-likeness (QED) is 0.654. The maximum atomic E-state index is 12.5. The minimum absolute atomic E-state index is 0.0357. The molecule has 3 rings (SSSR count). The Morgan fingerprint density at radius 3 is 2.40 bits per heavy atom. The first-order valence-electron chi connectivity index (χ1n) is 8.29. The van der Waals surface area contributed by atoms with E-state index in [2.05, 4.69) is 10.2 Å². The van der Waals surface area contributed by atoms with Gasteiger partial charge >= 0.3 is 5.97 Å². The van der Waals surface area contributed by atoms with E-state index >= 15 is 0 Å². The van der Waals surface area contributed by atoms with Gasteiger partial charge in [0, 0.05) is 19.1 Å². The molecule has 3 fully saturated rings. The van der Waals surface area contributed by atoms with Gasteiger partial charge in [-0.25, -0.2) is 4.79 Å². The largest absolute Gasteiger partial charge is 0.465 e. The summed E-state index contributed by atoms with van der Waals surface area (Å²) < 4.78 is 5.39. The van der Waals surface area contributed by atoms with Crippen LogP contribution in [0.15, 0.2) is 0 Å². The molecule has 1 unspecified atom stereocenters. The van der Waals surface area contributed by atoms with Crippen molar-refractivity contribution < 1.29 is 9.53 Å². The van der Waals surface area contributed by atoms with Gasteiger partial charge in [0.1, 0.15) is 5.54 Å². The average Bonchev–Trinajstić information content (AvgIpc) is 3.30. The Labute approximate surface area is 122 Å². The number of esters is 1. The lowest BCUT2D eigenvalue weighted by atomic mass is 9.92. The van der Waals surface area contributed by atoms with Crippen molar-refractivity contribution in [1.29, 1.82) is 0 Å². The maximum Gasteiger partial charge on any atom is 0.327 e. The van der Waals surface area contributed by atoms with Gasteiger partial charge in [0.05, 0.1) is 6.61 Å². The van der Waals surface area contributed by atoms with Crippen LogP contribution < -0.4 is 5.32 Å². The van der Waals surface area contributed by atoms with Gasteiger partial charge in [0.25, 0.3) is 0 Å². The van der Waals surface area contributed by atoms with E-state index in [9.17, 15) is 4.79 Å². The molecular weight excluding hydrogens is 252 g/mol. The van der Waals surface area contributed by atoms with Gasteiger partial charge in [-0.1, -0.05) is 0 Å². The number of rotatable bonds is 9. The Bertz CT molecular complexity index is 361. The van der Waals surface area contributed by atoms with E-state index in [1.807, 2.05) is 14.0 Å². The molecule has 114 valence electrons. The molecule has 0 saturated heterocycles. The smallest absolute Gasteiger partial charge is 0.327 e. The first-order chi connectivity index (χ1) is 9.69. The monoisotopic (exact) mass is 280 g/mol. The molecule has 20 heavy (non-hydrogen) atoms. The first kappa shape index (κ1) is 14.3. The third-order valence-corrected chi connectivity index (χ3v) is 5.07. The summed E-state index contributed by atoms with van der Waals surface area (Å²) >= 11 is 0. The second-order valence-corrected chi connectivity index (χ2v) is 6.82. The molecule has 0 amide bonds. The second kappa shape index (κ2) is 5.64. The summed E-state index contributed by atoms with van der Waals surface area (Å²) in [6.45, 7) is 4.39. The van der Waals surface area contributed by atoms with Crippen molar-refractivity contribution in [3.05, 3.63) is 0 Å². The number of nitrogens with one attached hydrogen (secondary N) is 1. The van der Waals surface area contributed by atoms with E-state index in [4.69, 9.17) is 4.74 Å². The Kier molecular flexibility index (Phi) is 4.04. The van der Waals surface area contributed by atoms with Crippen molar-refractivity contribution in [2.75, 3.05) is 26.7 Å². The van der Waals surface area contributed by atoms with Gasteiger partial charge in [-0.15, -0.1) is 0 Å². The van der Waals surface area contributed by atoms with Gasteiger partial charge in [-0.3, -0.25) is 4.90 Å². The van der Waals surface area contributed by atoms with E-state index in [1.54, 1.807) is 0 Å². The van der Waals surface area contributed by atoms with Crippen molar-refractivity contribution in [1.82, 2.24) is 10.2 Å². The van der Waals surface area contributed by atoms with Crippen LogP contribution >= 0.6 is 0 Å². The summed E-state index contributed by atoms with van der Waals surface area (Å²) in [5.74, 6) is 1.31. The third-order valence-electron chi connectivity index (χ3n) is 5.07. The van der Waals surface area contributed by atoms with Gasteiger partial charge in [-0.2, -0.15) is 0 Å². The molecule has 3 aliphatic rings. The number of ether oxygens (including phenoxy) is 1. The maximum absolute atomic E-state index is 12.5. The summed E-state index contributed by atoms with van der Waals surface area (Å²) in [7, 11) is 1.93. The molecule has 4 heteroatoms. The van der Waals surface area contributed by atoms with Gasteiger partial charge in [-0.05, 0) is 64.3 Å². The standard InChI is InChI=1S/C16H28N2O2/c1-3-20-15(19)16(17-2,13-6-7-13)11-18(14-8-9-14)10-12-4-5-12/h12-14,17H,3-11H2,1-2H3. The van der Waals surface area contributed by atoms with E-state index in [0.717, 1.165) is 31.3 Å². The van der Waals surface area contributed by atoms with E-state index < -0.39 is 5.54 Å². The highest BCUT2D eigenvalue weighted by molar-refractivity contribution is 5.82. The van der Waals surface area contributed by atoms with Crippen molar-refractivity contribution in [2.45, 2.75) is 57.0 Å². The number of hydrogen-bond acceptors (Lipinski definition) is 4. The molecule has 1 atom stereocenters. The van der Waals surface area contributed by atoms with Crippen molar-refractivity contribution in [3.63, 3.8) is 0 Å². The van der Waals surface area contributed by atoms with Crippen molar-refractivity contribution in [3.8, 4) is 0 Å². The van der Waals surface area contributed by atoms with E-state index in [0.29, 0.717) is 12.5 Å². The number of likely N-dealkylation sites (N-methyl/N-ethyl adjacent to an activating group) is 1. The van der Waals surface area contributed by atoms with Crippen LogP contribution in [0.4, 0.5) is 0 Å². The summed E-state index contributed by atoms with van der Waals surface area (Å²) in [5.41, 5.74) is -0.465. The Balaban J connectivity index is 1.71. The summed E-state index contributed by atoms with van der Waals surface area (Å²) in [5, 5.41) is 3.35. The normalized spacial score (nSPS) is 25.6. The van der Waals surface area contributed by atoms with Crippen LogP contribution in [-0.4, -0.2) is 49.2 Å². The van der Waals surface area contributed by atoms with Crippen LogP contribution in [0.5, 0.6) is 0 Å². The minimum atomic E-state index is -0.465. The molecule has 0 heterocycles. The molecule has 0 spiro atoms. The summed E-state index contributed by atoms with van der Waals surface area (Å²) in [6.07, 6.45) is 7.67. The molecule has 3 saturated carbocycles. The van der Waals surface area contributed by atoms with Crippen molar-refractivity contribution >= 4 is 5.97 Å². The number of carbonyl (C=O) groups is 1. The predicted molar refractivity (Wildman–Crippen MR) is 78.5 cm³/mol. The molecule has 4 nitrogen and oxygen atoms in total. The zero-order valence-electron chi connectivity index (χ0n) is 12.9. The van der Waals surface area contributed by atoms with Gasteiger partial charge in [0.15, 0.2) is 0 Å². The zero-order valence-corrected chi connectivity index (χ0v) is 12.9. The van der Waals surface area contributed by atoms with Crippen LogP contribution in [0.3, 0.4) is 0 Å². The van der Waals surface area contributed by atoms with Crippen molar-refractivity contribution in [2.24, 2.45) is 11.8 Å². The minimum Gasteiger partial charge on any atom is -0.465 e. The molecule has 0 aromatic rings. The highest BCUT2D eigenvalue weighted by atomic mass is 16.5. The fraction of sp³-hybridized carbons (Fsp3) is 0.938. The molecule has 1 N–H and O–H groups in total. The fourth-order valence-electron chi connectivity index (χ4n) is 3.32. The summed E-state index contributed by atoms with van der Waals surface area (Å²) in [6, 6.07) is 0.719. The first-order valence-corrected chi connectivity index (χ1v) is 8.29. The fourth-order valence-corrected chi connectivity index (χ4v) is 3.32. The Hall–Kier alpha value is -0.610. The lowest BCUT2D eigenvalue weighted by Crippen LogP contribution is -2.60. The number of hydrogen-bond donors (Lipinski definition) is 1. The van der Waals surface area contributed by atoms with Gasteiger partial charge < -0.3 is 10.1 Å². The van der Waals surface area contributed by atoms with Gasteiger partial charge in [0.2, 0.25) is 0 Å². The molecular formula is C16H28N2O2. The zero-order chi connectivity index (χ0) is 14.2. The average molecular weight is 280 g/mol. The topological polar surface area (TPSA) is 41.6 Å². The Morgan fingerprint density at radius 1 is 1.25 bits per heavy atom. The molecule has 0 radical (unpaired) electrons. The third kappa shape index (κ3) is 3.01. The van der Waals surface area contributed by atoms with Crippen LogP contribution in [0.1, 0.15) is 45.4 Å². The predicted octanol–water partition coefficient (Wildman–Crippen LogP) is 1.79. The highest BCUT2D eigenvalue weighted by Gasteiger charge is 2.53. The van der Waals surface area contributed by atoms with Crippen LogP contribution in [0, 0.1) is 11.8 Å². The summed E-state index contributed by atoms with van der Waals surface area (Å²) in [4.78, 5) is 15.1.